The van der Waals surface area contributed by atoms with E-state index in [1.807, 2.05) is 24.5 Å². The summed E-state index contributed by atoms with van der Waals surface area (Å²) in [5.74, 6) is -0.0897. The number of thioether (sulfide) groups is 1. The zero-order chi connectivity index (χ0) is 21.9. The number of carbonyl (C=O) groups is 1. The molecule has 0 spiro atoms. The van der Waals surface area contributed by atoms with Crippen LogP contribution < -0.4 is 10.9 Å². The molecule has 1 heterocycles. The monoisotopic (exact) mass is 436 g/mol. The predicted molar refractivity (Wildman–Crippen MR) is 111 cm³/mol. The highest BCUT2D eigenvalue weighted by molar-refractivity contribution is 7.98. The second kappa shape index (κ2) is 8.88. The zero-order valence-corrected chi connectivity index (χ0v) is 17.0. The van der Waals surface area contributed by atoms with Gasteiger partial charge in [0.25, 0.3) is 5.56 Å². The van der Waals surface area contributed by atoms with Crippen molar-refractivity contribution in [2.24, 2.45) is 0 Å². The number of likely N-dealkylation sites (N-methyl/N-ethyl adjacent to an activating group) is 1. The molecule has 10 heteroatoms. The van der Waals surface area contributed by atoms with Crippen LogP contribution in [0.5, 0.6) is 0 Å². The lowest BCUT2D eigenvalue weighted by Gasteiger charge is -2.17. The van der Waals surface area contributed by atoms with E-state index in [2.05, 4.69) is 15.3 Å². The first-order chi connectivity index (χ1) is 14.2. The predicted octanol–water partition coefficient (Wildman–Crippen LogP) is 3.73. The Hall–Kier alpha value is -2.85. The smallest absolute Gasteiger partial charge is 0.324 e. The Kier molecular flexibility index (Phi) is 6.47. The first-order valence-electron chi connectivity index (χ1n) is 8.89. The summed E-state index contributed by atoms with van der Waals surface area (Å²) in [6.45, 7) is 0.0894. The Morgan fingerprint density at radius 1 is 1.23 bits per heavy atom. The molecule has 3 rings (SSSR count). The number of hydrogen-bond acceptors (Lipinski definition) is 5. The molecule has 0 fully saturated rings. The van der Waals surface area contributed by atoms with Gasteiger partial charge >= 0.3 is 6.18 Å². The molecule has 2 aromatic carbocycles. The number of anilines is 1. The lowest BCUT2D eigenvalue weighted by molar-refractivity contribution is -0.137. The van der Waals surface area contributed by atoms with E-state index in [4.69, 9.17) is 0 Å². The summed E-state index contributed by atoms with van der Waals surface area (Å²) in [4.78, 5) is 33.8. The molecule has 1 aromatic heterocycles. The molecule has 0 aliphatic heterocycles. The van der Waals surface area contributed by atoms with Crippen LogP contribution in [0, 0.1) is 0 Å². The number of hydrogen-bond donors (Lipinski definition) is 2. The van der Waals surface area contributed by atoms with Crippen LogP contribution >= 0.6 is 11.8 Å². The van der Waals surface area contributed by atoms with Gasteiger partial charge in [0.15, 0.2) is 0 Å². The Balaban J connectivity index is 1.73. The van der Waals surface area contributed by atoms with Gasteiger partial charge < -0.3 is 10.3 Å². The summed E-state index contributed by atoms with van der Waals surface area (Å²) in [5.41, 5.74) is -0.759. The van der Waals surface area contributed by atoms with Crippen molar-refractivity contribution >= 4 is 34.3 Å². The molecule has 0 saturated heterocycles. The molecular weight excluding hydrogens is 417 g/mol. The molecule has 0 aliphatic carbocycles. The molecule has 158 valence electrons. The van der Waals surface area contributed by atoms with Crippen LogP contribution in [0.1, 0.15) is 11.4 Å². The van der Waals surface area contributed by atoms with E-state index in [0.717, 1.165) is 23.1 Å². The zero-order valence-electron chi connectivity index (χ0n) is 16.2. The number of para-hydroxylation sites is 1. The van der Waals surface area contributed by atoms with Gasteiger partial charge in [0.1, 0.15) is 5.82 Å². The molecule has 0 radical (unpaired) electrons. The number of rotatable bonds is 6. The minimum atomic E-state index is -4.53. The van der Waals surface area contributed by atoms with Crippen LogP contribution in [-0.4, -0.2) is 40.6 Å². The standard InChI is InChI=1S/C20H19F3N4O2S/c1-27(11-18(28)25-14-5-3-4-6-16(14)30-2)10-17-24-15-9-12(20(21,22)23)7-8-13(15)19(29)26-17/h3-9H,10-11H2,1-2H3,(H,25,28)(H,24,26,29). The third kappa shape index (κ3) is 5.19. The van der Waals surface area contributed by atoms with Gasteiger partial charge in [0.05, 0.1) is 35.2 Å². The minimum absolute atomic E-state index is 0.00700. The quantitative estimate of drug-likeness (QED) is 0.576. The van der Waals surface area contributed by atoms with Crippen LogP contribution in [0.2, 0.25) is 0 Å². The fourth-order valence-corrected chi connectivity index (χ4v) is 3.49. The lowest BCUT2D eigenvalue weighted by Crippen LogP contribution is -2.31. The number of carbonyl (C=O) groups excluding carboxylic acids is 1. The second-order valence-electron chi connectivity index (χ2n) is 6.66. The average molecular weight is 436 g/mol. The number of aromatic amines is 1. The van der Waals surface area contributed by atoms with Crippen LogP contribution in [0.15, 0.2) is 52.2 Å². The third-order valence-corrected chi connectivity index (χ3v) is 5.09. The molecule has 30 heavy (non-hydrogen) atoms. The number of amides is 1. The van der Waals surface area contributed by atoms with Crippen LogP contribution in [0.25, 0.3) is 10.9 Å². The molecule has 0 bridgehead atoms. The average Bonchev–Trinajstić information content (AvgIpc) is 2.67. The van der Waals surface area contributed by atoms with E-state index >= 15 is 0 Å². The minimum Gasteiger partial charge on any atom is -0.324 e. The molecule has 1 amide bonds. The van der Waals surface area contributed by atoms with E-state index < -0.39 is 17.3 Å². The number of fused-ring (bicyclic) bond motifs is 1. The number of alkyl halides is 3. The van der Waals surface area contributed by atoms with Crippen molar-refractivity contribution < 1.29 is 18.0 Å². The highest BCUT2D eigenvalue weighted by Gasteiger charge is 2.30. The van der Waals surface area contributed by atoms with Crippen LogP contribution in [0.4, 0.5) is 18.9 Å². The molecule has 2 N–H and O–H groups in total. The van der Waals surface area contributed by atoms with Gasteiger partial charge in [-0.3, -0.25) is 14.5 Å². The number of H-pyrrole nitrogens is 1. The van der Waals surface area contributed by atoms with Crippen molar-refractivity contribution in [1.82, 2.24) is 14.9 Å². The van der Waals surface area contributed by atoms with E-state index in [1.54, 1.807) is 18.0 Å². The van der Waals surface area contributed by atoms with Gasteiger partial charge in [-0.2, -0.15) is 13.2 Å². The fourth-order valence-electron chi connectivity index (χ4n) is 2.93. The van der Waals surface area contributed by atoms with Crippen molar-refractivity contribution in [1.29, 1.82) is 0 Å². The van der Waals surface area contributed by atoms with Gasteiger partial charge in [0.2, 0.25) is 5.91 Å². The van der Waals surface area contributed by atoms with Gasteiger partial charge in [-0.1, -0.05) is 12.1 Å². The van der Waals surface area contributed by atoms with Crippen molar-refractivity contribution in [3.8, 4) is 0 Å². The van der Waals surface area contributed by atoms with Crippen LogP contribution in [-0.2, 0) is 17.5 Å². The second-order valence-corrected chi connectivity index (χ2v) is 7.51. The summed E-state index contributed by atoms with van der Waals surface area (Å²) in [6.07, 6.45) is -2.62. The van der Waals surface area contributed by atoms with Crippen molar-refractivity contribution in [2.45, 2.75) is 17.6 Å². The highest BCUT2D eigenvalue weighted by Crippen LogP contribution is 2.30. The van der Waals surface area contributed by atoms with Gasteiger partial charge in [-0.15, -0.1) is 11.8 Å². The number of benzene rings is 2. The van der Waals surface area contributed by atoms with Crippen molar-refractivity contribution in [2.75, 3.05) is 25.2 Å². The Bertz CT molecular complexity index is 1130. The summed E-state index contributed by atoms with van der Waals surface area (Å²) in [6, 6.07) is 10.2. The fraction of sp³-hybridized carbons (Fsp3) is 0.250. The molecular formula is C20H19F3N4O2S. The number of nitrogens with zero attached hydrogens (tertiary/aromatic N) is 2. The molecule has 0 unspecified atom stereocenters. The lowest BCUT2D eigenvalue weighted by atomic mass is 10.1. The maximum atomic E-state index is 12.9. The van der Waals surface area contributed by atoms with E-state index in [-0.39, 0.29) is 35.7 Å². The van der Waals surface area contributed by atoms with Crippen molar-refractivity contribution in [3.05, 3.63) is 64.2 Å². The Labute approximate surface area is 174 Å². The van der Waals surface area contributed by atoms with E-state index in [0.29, 0.717) is 5.69 Å². The van der Waals surface area contributed by atoms with Crippen molar-refractivity contribution in [3.63, 3.8) is 0 Å². The van der Waals surface area contributed by atoms with Gasteiger partial charge in [-0.05, 0) is 43.6 Å². The number of nitrogens with one attached hydrogen (secondary N) is 2. The third-order valence-electron chi connectivity index (χ3n) is 4.30. The summed E-state index contributed by atoms with van der Waals surface area (Å²) in [5, 5.41) is 2.89. The highest BCUT2D eigenvalue weighted by atomic mass is 32.2. The number of halogens is 3. The molecule has 0 aliphatic rings. The molecule has 3 aromatic rings. The van der Waals surface area contributed by atoms with Gasteiger partial charge in [-0.25, -0.2) is 4.98 Å². The molecule has 0 atom stereocenters. The van der Waals surface area contributed by atoms with E-state index in [1.165, 1.54) is 11.8 Å². The largest absolute Gasteiger partial charge is 0.416 e. The summed E-state index contributed by atoms with van der Waals surface area (Å²) < 4.78 is 38.8. The first-order valence-corrected chi connectivity index (χ1v) is 10.1. The number of aromatic nitrogens is 2. The molecule has 0 saturated carbocycles. The SMILES string of the molecule is CSc1ccccc1NC(=O)CN(C)Cc1nc2cc(C(F)(F)F)ccc2c(=O)[nH]1. The molecule has 6 nitrogen and oxygen atoms in total. The van der Waals surface area contributed by atoms with Gasteiger partial charge in [0, 0.05) is 4.90 Å². The normalized spacial score (nSPS) is 11.8. The summed E-state index contributed by atoms with van der Waals surface area (Å²) >= 11 is 1.51. The van der Waals surface area contributed by atoms with E-state index in [9.17, 15) is 22.8 Å². The first kappa shape index (κ1) is 21.8. The Morgan fingerprint density at radius 2 is 1.97 bits per heavy atom. The topological polar surface area (TPSA) is 78.1 Å². The maximum absolute atomic E-state index is 12.9. The van der Waals surface area contributed by atoms with Crippen LogP contribution in [0.3, 0.4) is 0 Å². The Morgan fingerprint density at radius 3 is 2.67 bits per heavy atom. The summed E-state index contributed by atoms with van der Waals surface area (Å²) in [7, 11) is 1.65. The maximum Gasteiger partial charge on any atom is 0.416 e.